The summed E-state index contributed by atoms with van der Waals surface area (Å²) in [6, 6.07) is 6.00. The quantitative estimate of drug-likeness (QED) is 0.797. The largest absolute Gasteiger partial charge is 0.366 e. The van der Waals surface area contributed by atoms with Gasteiger partial charge in [-0.25, -0.2) is 0 Å². The van der Waals surface area contributed by atoms with Crippen LogP contribution in [0.5, 0.6) is 0 Å². The van der Waals surface area contributed by atoms with E-state index in [-0.39, 0.29) is 0 Å². The minimum Gasteiger partial charge on any atom is -0.366 e. The van der Waals surface area contributed by atoms with Crippen molar-refractivity contribution in [3.8, 4) is 6.07 Å². The van der Waals surface area contributed by atoms with Crippen LogP contribution in [0.15, 0.2) is 12.1 Å². The predicted octanol–water partition coefficient (Wildman–Crippen LogP) is 2.09. The highest BCUT2D eigenvalue weighted by atomic mass is 15.2. The molecule has 4 nitrogen and oxygen atoms in total. The summed E-state index contributed by atoms with van der Waals surface area (Å²) in [4.78, 5) is 0. The molecule has 1 aliphatic carbocycles. The van der Waals surface area contributed by atoms with Crippen LogP contribution in [0.3, 0.4) is 0 Å². The highest BCUT2D eigenvalue weighted by Crippen LogP contribution is 2.20. The molecule has 78 valence electrons. The van der Waals surface area contributed by atoms with Crippen molar-refractivity contribution in [3.63, 3.8) is 0 Å². The Morgan fingerprint density at radius 1 is 1.20 bits per heavy atom. The van der Waals surface area contributed by atoms with Gasteiger partial charge in [-0.2, -0.15) is 5.26 Å². The molecular weight excluding hydrogens is 188 g/mol. The van der Waals surface area contributed by atoms with Gasteiger partial charge < -0.3 is 5.32 Å². The maximum atomic E-state index is 8.58. The Balaban J connectivity index is 1.95. The third-order valence-electron chi connectivity index (χ3n) is 2.74. The molecule has 1 aliphatic rings. The molecule has 0 radical (unpaired) electrons. The molecule has 1 heterocycles. The summed E-state index contributed by atoms with van der Waals surface area (Å²) >= 11 is 0. The molecule has 0 amide bonds. The van der Waals surface area contributed by atoms with Crippen LogP contribution < -0.4 is 5.32 Å². The fourth-order valence-corrected chi connectivity index (χ4v) is 1.92. The molecule has 0 spiro atoms. The summed E-state index contributed by atoms with van der Waals surface area (Å²) in [6.45, 7) is 0. The van der Waals surface area contributed by atoms with Crippen LogP contribution in [0, 0.1) is 11.3 Å². The van der Waals surface area contributed by atoms with Gasteiger partial charge in [-0.15, -0.1) is 10.2 Å². The van der Waals surface area contributed by atoms with E-state index < -0.39 is 0 Å². The summed E-state index contributed by atoms with van der Waals surface area (Å²) in [5.74, 6) is 0.779. The zero-order valence-corrected chi connectivity index (χ0v) is 8.61. The lowest BCUT2D eigenvalue weighted by Gasteiger charge is -2.22. The second-order valence-electron chi connectivity index (χ2n) is 3.89. The van der Waals surface area contributed by atoms with Crippen molar-refractivity contribution in [2.75, 3.05) is 5.32 Å². The third-order valence-corrected chi connectivity index (χ3v) is 2.74. The molecule has 0 saturated heterocycles. The van der Waals surface area contributed by atoms with E-state index in [2.05, 4.69) is 15.5 Å². The molecular formula is C11H14N4. The van der Waals surface area contributed by atoms with Gasteiger partial charge in [0.05, 0.1) is 0 Å². The first kappa shape index (κ1) is 9.91. The normalized spacial score (nSPS) is 17.0. The summed E-state index contributed by atoms with van der Waals surface area (Å²) in [6.07, 6.45) is 6.35. The van der Waals surface area contributed by atoms with E-state index in [1.165, 1.54) is 32.1 Å². The summed E-state index contributed by atoms with van der Waals surface area (Å²) < 4.78 is 0. The summed E-state index contributed by atoms with van der Waals surface area (Å²) in [5, 5.41) is 19.7. The molecule has 1 aromatic rings. The molecule has 1 fully saturated rings. The molecule has 2 rings (SSSR count). The summed E-state index contributed by atoms with van der Waals surface area (Å²) in [5.41, 5.74) is 0.365. The zero-order valence-electron chi connectivity index (χ0n) is 8.61. The van der Waals surface area contributed by atoms with Gasteiger partial charge in [0.15, 0.2) is 5.69 Å². The maximum Gasteiger partial charge on any atom is 0.163 e. The monoisotopic (exact) mass is 202 g/mol. The zero-order chi connectivity index (χ0) is 10.5. The lowest BCUT2D eigenvalue weighted by atomic mass is 9.95. The second-order valence-corrected chi connectivity index (χ2v) is 3.89. The van der Waals surface area contributed by atoms with Crippen molar-refractivity contribution < 1.29 is 0 Å². The summed E-state index contributed by atoms with van der Waals surface area (Å²) in [7, 11) is 0. The van der Waals surface area contributed by atoms with E-state index >= 15 is 0 Å². The van der Waals surface area contributed by atoms with Gasteiger partial charge in [0.2, 0.25) is 0 Å². The average Bonchev–Trinajstić information content (AvgIpc) is 2.31. The van der Waals surface area contributed by atoms with E-state index in [0.717, 1.165) is 5.82 Å². The molecule has 0 aromatic carbocycles. The molecule has 1 aromatic heterocycles. The lowest BCUT2D eigenvalue weighted by Crippen LogP contribution is -2.22. The standard InChI is InChI=1S/C11H14N4/c12-8-10-6-7-11(15-14-10)13-9-4-2-1-3-5-9/h6-7,9H,1-5H2,(H,13,15). The van der Waals surface area contributed by atoms with E-state index in [4.69, 9.17) is 5.26 Å². The Bertz CT molecular complexity index is 346. The first-order valence-electron chi connectivity index (χ1n) is 5.39. The molecule has 0 aliphatic heterocycles. The SMILES string of the molecule is N#Cc1ccc(NC2CCCCC2)nn1. The molecule has 15 heavy (non-hydrogen) atoms. The highest BCUT2D eigenvalue weighted by Gasteiger charge is 2.13. The van der Waals surface area contributed by atoms with E-state index in [9.17, 15) is 0 Å². The third kappa shape index (κ3) is 2.66. The van der Waals surface area contributed by atoms with Crippen molar-refractivity contribution in [3.05, 3.63) is 17.8 Å². The van der Waals surface area contributed by atoms with Crippen LogP contribution in [0.4, 0.5) is 5.82 Å². The van der Waals surface area contributed by atoms with Crippen molar-refractivity contribution in [1.82, 2.24) is 10.2 Å². The van der Waals surface area contributed by atoms with Crippen LogP contribution in [0.2, 0.25) is 0 Å². The number of nitriles is 1. The van der Waals surface area contributed by atoms with E-state index in [1.807, 2.05) is 12.1 Å². The van der Waals surface area contributed by atoms with Crippen molar-refractivity contribution in [2.24, 2.45) is 0 Å². The number of nitrogens with zero attached hydrogens (tertiary/aromatic N) is 3. The number of hydrogen-bond donors (Lipinski definition) is 1. The number of aromatic nitrogens is 2. The number of hydrogen-bond acceptors (Lipinski definition) is 4. The van der Waals surface area contributed by atoms with Crippen LogP contribution in [-0.2, 0) is 0 Å². The smallest absolute Gasteiger partial charge is 0.163 e. The Labute approximate surface area is 89.3 Å². The van der Waals surface area contributed by atoms with Crippen molar-refractivity contribution in [1.29, 1.82) is 5.26 Å². The molecule has 0 bridgehead atoms. The van der Waals surface area contributed by atoms with Gasteiger partial charge in [0.1, 0.15) is 11.9 Å². The van der Waals surface area contributed by atoms with Gasteiger partial charge >= 0.3 is 0 Å². The Morgan fingerprint density at radius 2 is 2.00 bits per heavy atom. The fourth-order valence-electron chi connectivity index (χ4n) is 1.92. The van der Waals surface area contributed by atoms with Gasteiger partial charge in [-0.05, 0) is 25.0 Å². The van der Waals surface area contributed by atoms with Gasteiger partial charge in [0, 0.05) is 6.04 Å². The van der Waals surface area contributed by atoms with Crippen molar-refractivity contribution in [2.45, 2.75) is 38.1 Å². The van der Waals surface area contributed by atoms with Crippen molar-refractivity contribution >= 4 is 5.82 Å². The number of rotatable bonds is 2. The predicted molar refractivity (Wildman–Crippen MR) is 57.2 cm³/mol. The Kier molecular flexibility index (Phi) is 3.13. The van der Waals surface area contributed by atoms with Crippen LogP contribution >= 0.6 is 0 Å². The minimum absolute atomic E-state index is 0.365. The number of nitrogens with one attached hydrogen (secondary N) is 1. The molecule has 1 saturated carbocycles. The molecule has 1 N–H and O–H groups in total. The number of anilines is 1. The first-order chi connectivity index (χ1) is 7.38. The topological polar surface area (TPSA) is 61.6 Å². The molecule has 0 unspecified atom stereocenters. The highest BCUT2D eigenvalue weighted by molar-refractivity contribution is 5.36. The molecule has 0 atom stereocenters. The first-order valence-corrected chi connectivity index (χ1v) is 5.39. The van der Waals surface area contributed by atoms with E-state index in [1.54, 1.807) is 6.07 Å². The average molecular weight is 202 g/mol. The van der Waals surface area contributed by atoms with E-state index in [0.29, 0.717) is 11.7 Å². The maximum absolute atomic E-state index is 8.58. The lowest BCUT2D eigenvalue weighted by molar-refractivity contribution is 0.461. The fraction of sp³-hybridized carbons (Fsp3) is 0.545. The van der Waals surface area contributed by atoms with Gasteiger partial charge in [-0.1, -0.05) is 19.3 Å². The Morgan fingerprint density at radius 3 is 2.60 bits per heavy atom. The van der Waals surface area contributed by atoms with Crippen LogP contribution in [-0.4, -0.2) is 16.2 Å². The molecule has 4 heteroatoms. The minimum atomic E-state index is 0.365. The Hall–Kier alpha value is -1.63. The van der Waals surface area contributed by atoms with Gasteiger partial charge in [0.25, 0.3) is 0 Å². The van der Waals surface area contributed by atoms with Crippen LogP contribution in [0.25, 0.3) is 0 Å². The van der Waals surface area contributed by atoms with Crippen LogP contribution in [0.1, 0.15) is 37.8 Å². The second kappa shape index (κ2) is 4.74. The van der Waals surface area contributed by atoms with Gasteiger partial charge in [-0.3, -0.25) is 0 Å².